The molecule has 100 valence electrons. The summed E-state index contributed by atoms with van der Waals surface area (Å²) in [5.41, 5.74) is 0.169. The van der Waals surface area contributed by atoms with Crippen molar-refractivity contribution in [2.24, 2.45) is 5.92 Å². The molecule has 1 aliphatic heterocycles. The SMILES string of the molecule is COC1CN(c2nc(C(=O)O)c(C)s2)CCC1C. The smallest absolute Gasteiger partial charge is 0.355 e. The topological polar surface area (TPSA) is 62.7 Å². The number of nitrogens with zero attached hydrogens (tertiary/aromatic N) is 2. The molecular formula is C12H18N2O3S. The van der Waals surface area contributed by atoms with Gasteiger partial charge in [0, 0.05) is 25.1 Å². The highest BCUT2D eigenvalue weighted by atomic mass is 32.1. The van der Waals surface area contributed by atoms with Crippen molar-refractivity contribution in [3.8, 4) is 0 Å². The minimum Gasteiger partial charge on any atom is -0.476 e. The molecule has 1 aromatic heterocycles. The third-order valence-corrected chi connectivity index (χ3v) is 4.48. The maximum atomic E-state index is 11.0. The predicted octanol–water partition coefficient (Wildman–Crippen LogP) is 2.01. The van der Waals surface area contributed by atoms with Gasteiger partial charge in [-0.2, -0.15) is 0 Å². The number of aromatic nitrogens is 1. The molecule has 0 aliphatic carbocycles. The summed E-state index contributed by atoms with van der Waals surface area (Å²) in [5.74, 6) is -0.421. The van der Waals surface area contributed by atoms with Crippen LogP contribution in [0, 0.1) is 12.8 Å². The van der Waals surface area contributed by atoms with E-state index in [0.29, 0.717) is 5.92 Å². The lowest BCUT2D eigenvalue weighted by Gasteiger charge is -2.36. The summed E-state index contributed by atoms with van der Waals surface area (Å²) < 4.78 is 5.46. The monoisotopic (exact) mass is 270 g/mol. The minimum atomic E-state index is -0.955. The van der Waals surface area contributed by atoms with Gasteiger partial charge in [0.2, 0.25) is 0 Å². The molecule has 1 aliphatic rings. The molecule has 1 saturated heterocycles. The average molecular weight is 270 g/mol. The van der Waals surface area contributed by atoms with E-state index in [9.17, 15) is 4.79 Å². The Morgan fingerprint density at radius 2 is 2.33 bits per heavy atom. The fourth-order valence-electron chi connectivity index (χ4n) is 2.23. The number of piperidine rings is 1. The number of carbonyl (C=O) groups is 1. The molecule has 1 aromatic rings. The molecule has 2 atom stereocenters. The van der Waals surface area contributed by atoms with Gasteiger partial charge in [0.1, 0.15) is 0 Å². The maximum absolute atomic E-state index is 11.0. The van der Waals surface area contributed by atoms with E-state index in [1.54, 1.807) is 14.0 Å². The molecule has 0 bridgehead atoms. The zero-order valence-corrected chi connectivity index (χ0v) is 11.7. The second-order valence-corrected chi connectivity index (χ2v) is 5.87. The van der Waals surface area contributed by atoms with Gasteiger partial charge in [0.15, 0.2) is 10.8 Å². The van der Waals surface area contributed by atoms with Crippen LogP contribution in [-0.4, -0.2) is 42.4 Å². The van der Waals surface area contributed by atoms with Gasteiger partial charge in [-0.25, -0.2) is 9.78 Å². The van der Waals surface area contributed by atoms with Gasteiger partial charge in [-0.1, -0.05) is 6.92 Å². The Hall–Kier alpha value is -1.14. The molecule has 0 radical (unpaired) electrons. The van der Waals surface area contributed by atoms with E-state index >= 15 is 0 Å². The lowest BCUT2D eigenvalue weighted by Crippen LogP contribution is -2.43. The lowest BCUT2D eigenvalue weighted by molar-refractivity contribution is 0.0498. The predicted molar refractivity (Wildman–Crippen MR) is 70.6 cm³/mol. The number of anilines is 1. The van der Waals surface area contributed by atoms with Crippen LogP contribution in [0.25, 0.3) is 0 Å². The minimum absolute atomic E-state index is 0.169. The fraction of sp³-hybridized carbons (Fsp3) is 0.667. The molecule has 2 unspecified atom stereocenters. The summed E-state index contributed by atoms with van der Waals surface area (Å²) >= 11 is 1.44. The number of carboxylic acids is 1. The summed E-state index contributed by atoms with van der Waals surface area (Å²) in [6.07, 6.45) is 1.23. The summed E-state index contributed by atoms with van der Waals surface area (Å²) in [6, 6.07) is 0. The van der Waals surface area contributed by atoms with Crippen LogP contribution in [-0.2, 0) is 4.74 Å². The van der Waals surface area contributed by atoms with E-state index in [2.05, 4.69) is 16.8 Å². The first-order valence-corrected chi connectivity index (χ1v) is 6.83. The molecule has 2 rings (SSSR count). The van der Waals surface area contributed by atoms with E-state index < -0.39 is 5.97 Å². The number of ether oxygens (including phenoxy) is 1. The quantitative estimate of drug-likeness (QED) is 0.910. The van der Waals surface area contributed by atoms with Gasteiger partial charge in [0.25, 0.3) is 0 Å². The van der Waals surface area contributed by atoms with E-state index in [4.69, 9.17) is 9.84 Å². The van der Waals surface area contributed by atoms with E-state index in [1.807, 2.05) is 0 Å². The van der Waals surface area contributed by atoms with Crippen molar-refractivity contribution >= 4 is 22.4 Å². The van der Waals surface area contributed by atoms with Crippen LogP contribution >= 0.6 is 11.3 Å². The van der Waals surface area contributed by atoms with Crippen LogP contribution in [0.3, 0.4) is 0 Å². The van der Waals surface area contributed by atoms with Gasteiger partial charge < -0.3 is 14.7 Å². The molecule has 6 heteroatoms. The molecule has 18 heavy (non-hydrogen) atoms. The highest BCUT2D eigenvalue weighted by Gasteiger charge is 2.28. The van der Waals surface area contributed by atoms with Crippen LogP contribution in [0.5, 0.6) is 0 Å². The summed E-state index contributed by atoms with van der Waals surface area (Å²) in [6.45, 7) is 5.67. The van der Waals surface area contributed by atoms with Gasteiger partial charge in [0.05, 0.1) is 6.10 Å². The Morgan fingerprint density at radius 1 is 1.61 bits per heavy atom. The number of carboxylic acid groups (broad SMARTS) is 1. The highest BCUT2D eigenvalue weighted by molar-refractivity contribution is 7.15. The first kappa shape index (κ1) is 13.3. The molecule has 1 fully saturated rings. The number of methoxy groups -OCH3 is 1. The van der Waals surface area contributed by atoms with Crippen LogP contribution in [0.4, 0.5) is 5.13 Å². The maximum Gasteiger partial charge on any atom is 0.355 e. The van der Waals surface area contributed by atoms with Gasteiger partial charge in [-0.3, -0.25) is 0 Å². The van der Waals surface area contributed by atoms with E-state index in [-0.39, 0.29) is 11.8 Å². The van der Waals surface area contributed by atoms with Crippen LogP contribution in [0.15, 0.2) is 0 Å². The number of aromatic carboxylic acids is 1. The van der Waals surface area contributed by atoms with Crippen molar-refractivity contribution in [2.75, 3.05) is 25.1 Å². The summed E-state index contributed by atoms with van der Waals surface area (Å²) in [7, 11) is 1.72. The Bertz CT molecular complexity index is 447. The highest BCUT2D eigenvalue weighted by Crippen LogP contribution is 2.30. The molecule has 0 saturated carbocycles. The van der Waals surface area contributed by atoms with Crippen molar-refractivity contribution in [3.63, 3.8) is 0 Å². The Balaban J connectivity index is 2.17. The van der Waals surface area contributed by atoms with Crippen molar-refractivity contribution in [3.05, 3.63) is 10.6 Å². The first-order chi connectivity index (χ1) is 8.52. The van der Waals surface area contributed by atoms with Crippen molar-refractivity contribution < 1.29 is 14.6 Å². The Morgan fingerprint density at radius 3 is 2.89 bits per heavy atom. The second kappa shape index (κ2) is 5.24. The molecular weight excluding hydrogens is 252 g/mol. The average Bonchev–Trinajstić information content (AvgIpc) is 2.72. The Kier molecular flexibility index (Phi) is 3.87. The van der Waals surface area contributed by atoms with Crippen LogP contribution in [0.1, 0.15) is 28.7 Å². The third-order valence-electron chi connectivity index (χ3n) is 3.45. The van der Waals surface area contributed by atoms with E-state index in [0.717, 1.165) is 29.5 Å². The van der Waals surface area contributed by atoms with Crippen molar-refractivity contribution in [2.45, 2.75) is 26.4 Å². The fourth-order valence-corrected chi connectivity index (χ4v) is 3.17. The summed E-state index contributed by atoms with van der Waals surface area (Å²) in [4.78, 5) is 18.1. The zero-order valence-electron chi connectivity index (χ0n) is 10.8. The van der Waals surface area contributed by atoms with Gasteiger partial charge in [-0.15, -0.1) is 11.3 Å². The standard InChI is InChI=1S/C12H18N2O3S/c1-7-4-5-14(6-9(7)17-3)12-13-10(11(15)16)8(2)18-12/h7,9H,4-6H2,1-3H3,(H,15,16). The number of hydrogen-bond acceptors (Lipinski definition) is 5. The first-order valence-electron chi connectivity index (χ1n) is 6.01. The summed E-state index contributed by atoms with van der Waals surface area (Å²) in [5, 5.41) is 9.81. The van der Waals surface area contributed by atoms with Gasteiger partial charge in [-0.05, 0) is 19.3 Å². The largest absolute Gasteiger partial charge is 0.476 e. The Labute approximate surface area is 110 Å². The van der Waals surface area contributed by atoms with Crippen LogP contribution in [0.2, 0.25) is 0 Å². The molecule has 2 heterocycles. The normalized spacial score (nSPS) is 24.3. The van der Waals surface area contributed by atoms with Crippen LogP contribution < -0.4 is 4.90 Å². The third kappa shape index (κ3) is 2.49. The van der Waals surface area contributed by atoms with Crippen molar-refractivity contribution in [1.82, 2.24) is 4.98 Å². The second-order valence-electron chi connectivity index (χ2n) is 4.69. The number of hydrogen-bond donors (Lipinski definition) is 1. The van der Waals surface area contributed by atoms with E-state index in [1.165, 1.54) is 11.3 Å². The molecule has 5 nitrogen and oxygen atoms in total. The molecule has 1 N–H and O–H groups in total. The van der Waals surface area contributed by atoms with Crippen molar-refractivity contribution in [1.29, 1.82) is 0 Å². The van der Waals surface area contributed by atoms with Gasteiger partial charge >= 0.3 is 5.97 Å². The number of thiazole rings is 1. The molecule has 0 amide bonds. The number of aryl methyl sites for hydroxylation is 1. The lowest BCUT2D eigenvalue weighted by atomic mass is 9.96. The number of rotatable bonds is 3. The molecule has 0 spiro atoms. The zero-order chi connectivity index (χ0) is 13.3. The molecule has 0 aromatic carbocycles.